The zero-order chi connectivity index (χ0) is 18.6. The highest BCUT2D eigenvalue weighted by molar-refractivity contribution is 5.63. The fraction of sp³-hybridized carbons (Fsp3) is 0.318. The third kappa shape index (κ3) is 5.04. The van der Waals surface area contributed by atoms with E-state index in [1.54, 1.807) is 13.8 Å². The van der Waals surface area contributed by atoms with E-state index in [4.69, 9.17) is 5.10 Å². The summed E-state index contributed by atoms with van der Waals surface area (Å²) in [5.41, 5.74) is 4.96. The first-order valence-corrected chi connectivity index (χ1v) is 9.01. The number of aromatic nitrogens is 2. The number of hydrogen-bond donors (Lipinski definition) is 2. The molecule has 0 aliphatic carbocycles. The predicted molar refractivity (Wildman–Crippen MR) is 106 cm³/mol. The first-order valence-electron chi connectivity index (χ1n) is 9.01. The van der Waals surface area contributed by atoms with Crippen molar-refractivity contribution in [3.8, 4) is 11.3 Å². The lowest BCUT2D eigenvalue weighted by molar-refractivity contribution is 0.0795. The fourth-order valence-electron chi connectivity index (χ4n) is 2.98. The SMILES string of the molecule is Cc1cccc(-c2nn(Cc3ccccc3)cc2CNCC(C)(C)O)c1. The molecule has 0 atom stereocenters. The highest BCUT2D eigenvalue weighted by Gasteiger charge is 2.15. The van der Waals surface area contributed by atoms with Gasteiger partial charge in [-0.1, -0.05) is 54.1 Å². The molecule has 26 heavy (non-hydrogen) atoms. The van der Waals surface area contributed by atoms with Crippen molar-refractivity contribution in [3.63, 3.8) is 0 Å². The van der Waals surface area contributed by atoms with Gasteiger partial charge in [0.05, 0.1) is 17.8 Å². The second-order valence-electron chi connectivity index (χ2n) is 7.47. The molecule has 1 heterocycles. The second-order valence-corrected chi connectivity index (χ2v) is 7.47. The quantitative estimate of drug-likeness (QED) is 0.683. The van der Waals surface area contributed by atoms with Gasteiger partial charge in [-0.15, -0.1) is 0 Å². The van der Waals surface area contributed by atoms with Gasteiger partial charge in [0, 0.05) is 30.4 Å². The van der Waals surface area contributed by atoms with Gasteiger partial charge >= 0.3 is 0 Å². The molecule has 0 fully saturated rings. The van der Waals surface area contributed by atoms with Crippen LogP contribution in [0, 0.1) is 6.92 Å². The van der Waals surface area contributed by atoms with Gasteiger partial charge in [0.1, 0.15) is 0 Å². The molecule has 0 aliphatic heterocycles. The summed E-state index contributed by atoms with van der Waals surface area (Å²) in [5.74, 6) is 0. The molecular formula is C22H27N3O. The van der Waals surface area contributed by atoms with Gasteiger partial charge in [0.15, 0.2) is 0 Å². The average Bonchev–Trinajstić information content (AvgIpc) is 2.97. The fourth-order valence-corrected chi connectivity index (χ4v) is 2.98. The van der Waals surface area contributed by atoms with Gasteiger partial charge in [-0.3, -0.25) is 4.68 Å². The van der Waals surface area contributed by atoms with Crippen molar-refractivity contribution in [1.82, 2.24) is 15.1 Å². The minimum Gasteiger partial charge on any atom is -0.389 e. The van der Waals surface area contributed by atoms with E-state index in [9.17, 15) is 5.11 Å². The Morgan fingerprint density at radius 1 is 1.08 bits per heavy atom. The molecule has 0 saturated heterocycles. The molecule has 0 aliphatic rings. The van der Waals surface area contributed by atoms with Crippen LogP contribution in [0.4, 0.5) is 0 Å². The molecule has 4 heteroatoms. The van der Waals surface area contributed by atoms with Gasteiger partial charge in [0.25, 0.3) is 0 Å². The van der Waals surface area contributed by atoms with E-state index in [2.05, 4.69) is 54.8 Å². The number of nitrogens with zero attached hydrogens (tertiary/aromatic N) is 2. The number of rotatable bonds is 7. The second kappa shape index (κ2) is 7.85. The zero-order valence-corrected chi connectivity index (χ0v) is 15.7. The van der Waals surface area contributed by atoms with Crippen molar-refractivity contribution in [3.05, 3.63) is 77.5 Å². The van der Waals surface area contributed by atoms with Crippen LogP contribution in [0.1, 0.15) is 30.5 Å². The number of benzene rings is 2. The van der Waals surface area contributed by atoms with Crippen LogP contribution in [-0.4, -0.2) is 27.0 Å². The maximum Gasteiger partial charge on any atom is 0.0968 e. The molecule has 1 aromatic heterocycles. The standard InChI is InChI=1S/C22H27N3O/c1-17-8-7-11-19(12-17)21-20(13-23-16-22(2,3)26)15-25(24-21)14-18-9-5-4-6-10-18/h4-12,15,23,26H,13-14,16H2,1-3H3. The van der Waals surface area contributed by atoms with E-state index in [0.717, 1.165) is 23.4 Å². The first kappa shape index (κ1) is 18.4. The number of nitrogens with one attached hydrogen (secondary N) is 1. The Kier molecular flexibility index (Phi) is 5.55. The van der Waals surface area contributed by atoms with Crippen LogP contribution in [0.3, 0.4) is 0 Å². The van der Waals surface area contributed by atoms with Crippen molar-refractivity contribution in [2.45, 2.75) is 39.5 Å². The Hall–Kier alpha value is -2.43. The van der Waals surface area contributed by atoms with Crippen LogP contribution in [0.25, 0.3) is 11.3 Å². The van der Waals surface area contributed by atoms with E-state index in [1.807, 2.05) is 22.9 Å². The molecule has 0 spiro atoms. The van der Waals surface area contributed by atoms with Crippen molar-refractivity contribution in [1.29, 1.82) is 0 Å². The lowest BCUT2D eigenvalue weighted by Crippen LogP contribution is -2.34. The molecule has 0 saturated carbocycles. The highest BCUT2D eigenvalue weighted by atomic mass is 16.3. The van der Waals surface area contributed by atoms with Gasteiger partial charge in [0.2, 0.25) is 0 Å². The van der Waals surface area contributed by atoms with E-state index in [0.29, 0.717) is 13.1 Å². The molecular weight excluding hydrogens is 322 g/mol. The predicted octanol–water partition coefficient (Wildman–Crippen LogP) is 3.77. The molecule has 136 valence electrons. The summed E-state index contributed by atoms with van der Waals surface area (Å²) in [6, 6.07) is 18.8. The van der Waals surface area contributed by atoms with E-state index in [-0.39, 0.29) is 0 Å². The summed E-state index contributed by atoms with van der Waals surface area (Å²) in [6.07, 6.45) is 2.10. The number of aliphatic hydroxyl groups is 1. The van der Waals surface area contributed by atoms with Gasteiger partial charge < -0.3 is 10.4 Å². The Labute approximate surface area is 155 Å². The normalized spacial score (nSPS) is 11.7. The molecule has 3 aromatic rings. The molecule has 2 aromatic carbocycles. The Morgan fingerprint density at radius 2 is 1.85 bits per heavy atom. The summed E-state index contributed by atoms with van der Waals surface area (Å²) in [6.45, 7) is 7.65. The minimum atomic E-state index is -0.733. The van der Waals surface area contributed by atoms with Crippen LogP contribution < -0.4 is 5.32 Å². The number of aryl methyl sites for hydroxylation is 1. The highest BCUT2D eigenvalue weighted by Crippen LogP contribution is 2.23. The van der Waals surface area contributed by atoms with Crippen molar-refractivity contribution in [2.75, 3.05) is 6.54 Å². The third-order valence-electron chi connectivity index (χ3n) is 4.19. The van der Waals surface area contributed by atoms with Crippen LogP contribution in [-0.2, 0) is 13.1 Å². The molecule has 4 nitrogen and oxygen atoms in total. The maximum atomic E-state index is 9.94. The molecule has 3 rings (SSSR count). The van der Waals surface area contributed by atoms with E-state index >= 15 is 0 Å². The summed E-state index contributed by atoms with van der Waals surface area (Å²) in [4.78, 5) is 0. The van der Waals surface area contributed by atoms with Crippen LogP contribution in [0.2, 0.25) is 0 Å². The van der Waals surface area contributed by atoms with Crippen molar-refractivity contribution in [2.24, 2.45) is 0 Å². The summed E-state index contributed by atoms with van der Waals surface area (Å²) in [7, 11) is 0. The van der Waals surface area contributed by atoms with Crippen LogP contribution in [0.5, 0.6) is 0 Å². The minimum absolute atomic E-state index is 0.532. The Bertz CT molecular complexity index is 847. The van der Waals surface area contributed by atoms with E-state index < -0.39 is 5.60 Å². The zero-order valence-electron chi connectivity index (χ0n) is 15.7. The van der Waals surface area contributed by atoms with Crippen molar-refractivity contribution >= 4 is 0 Å². The molecule has 0 unspecified atom stereocenters. The maximum absolute atomic E-state index is 9.94. The van der Waals surface area contributed by atoms with Crippen LogP contribution >= 0.6 is 0 Å². The molecule has 0 bridgehead atoms. The van der Waals surface area contributed by atoms with Gasteiger partial charge in [-0.05, 0) is 32.4 Å². The largest absolute Gasteiger partial charge is 0.389 e. The summed E-state index contributed by atoms with van der Waals surface area (Å²) in [5, 5.41) is 18.1. The Balaban J connectivity index is 1.87. The monoisotopic (exact) mass is 349 g/mol. The van der Waals surface area contributed by atoms with Gasteiger partial charge in [-0.25, -0.2) is 0 Å². The topological polar surface area (TPSA) is 50.1 Å². The smallest absolute Gasteiger partial charge is 0.0968 e. The average molecular weight is 349 g/mol. The van der Waals surface area contributed by atoms with Crippen LogP contribution in [0.15, 0.2) is 60.8 Å². The third-order valence-corrected chi connectivity index (χ3v) is 4.19. The lowest BCUT2D eigenvalue weighted by Gasteiger charge is -2.17. The summed E-state index contributed by atoms with van der Waals surface area (Å²) >= 11 is 0. The number of hydrogen-bond acceptors (Lipinski definition) is 3. The first-order chi connectivity index (χ1) is 12.4. The lowest BCUT2D eigenvalue weighted by atomic mass is 10.1. The molecule has 0 amide bonds. The van der Waals surface area contributed by atoms with Crippen molar-refractivity contribution < 1.29 is 5.11 Å². The molecule has 2 N–H and O–H groups in total. The molecule has 0 radical (unpaired) electrons. The Morgan fingerprint density at radius 3 is 2.54 bits per heavy atom. The summed E-state index contributed by atoms with van der Waals surface area (Å²) < 4.78 is 1.99. The van der Waals surface area contributed by atoms with E-state index in [1.165, 1.54) is 11.1 Å². The van der Waals surface area contributed by atoms with Gasteiger partial charge in [-0.2, -0.15) is 5.10 Å².